The molecule has 32 heavy (non-hydrogen) atoms. The topological polar surface area (TPSA) is 97.4 Å². The summed E-state index contributed by atoms with van der Waals surface area (Å²) in [4.78, 5) is 40.9. The monoisotopic (exact) mass is 449 g/mol. The number of rotatable bonds is 8. The maximum absolute atomic E-state index is 12.6. The van der Waals surface area contributed by atoms with Gasteiger partial charge in [-0.3, -0.25) is 9.59 Å². The van der Waals surface area contributed by atoms with Crippen molar-refractivity contribution in [1.82, 2.24) is 10.3 Å². The minimum absolute atomic E-state index is 0.318. The van der Waals surface area contributed by atoms with Crippen molar-refractivity contribution in [2.45, 2.75) is 20.4 Å². The third-order valence-corrected chi connectivity index (χ3v) is 5.18. The summed E-state index contributed by atoms with van der Waals surface area (Å²) in [7, 11) is 0. The minimum Gasteiger partial charge on any atom is -0.452 e. The van der Waals surface area contributed by atoms with Crippen LogP contribution in [0, 0.1) is 13.8 Å². The molecule has 2 aromatic carbocycles. The molecule has 0 unspecified atom stereocenters. The van der Waals surface area contributed by atoms with Crippen LogP contribution in [0.1, 0.15) is 32.2 Å². The standard InChI is InChI=1S/C24H23N3O4S/c1-16-7-9-18(10-8-16)13-25-24(30)20-5-3-4-6-21(20)27-22(28)14-31-23(29)12-11-19-15-32-17(2)26-19/h3-12,15H,13-14H2,1-2H3,(H,25,30)(H,27,28)/b12-11+. The zero-order valence-corrected chi connectivity index (χ0v) is 18.6. The molecule has 0 aliphatic rings. The second-order valence-electron chi connectivity index (χ2n) is 6.99. The number of esters is 1. The number of aromatic nitrogens is 1. The quantitative estimate of drug-likeness (QED) is 0.402. The maximum Gasteiger partial charge on any atom is 0.331 e. The number of hydrogen-bond acceptors (Lipinski definition) is 6. The summed E-state index contributed by atoms with van der Waals surface area (Å²) in [6, 6.07) is 14.5. The Morgan fingerprint density at radius 2 is 1.81 bits per heavy atom. The molecule has 0 fully saturated rings. The number of ether oxygens (including phenoxy) is 1. The first-order valence-corrected chi connectivity index (χ1v) is 10.8. The van der Waals surface area contributed by atoms with E-state index >= 15 is 0 Å². The molecule has 2 N–H and O–H groups in total. The van der Waals surface area contributed by atoms with E-state index in [1.807, 2.05) is 43.5 Å². The van der Waals surface area contributed by atoms with E-state index in [-0.39, 0.29) is 5.91 Å². The van der Waals surface area contributed by atoms with Gasteiger partial charge in [0.25, 0.3) is 11.8 Å². The lowest BCUT2D eigenvalue weighted by atomic mass is 10.1. The van der Waals surface area contributed by atoms with Gasteiger partial charge in [-0.05, 0) is 37.6 Å². The van der Waals surface area contributed by atoms with Crippen molar-refractivity contribution in [2.24, 2.45) is 0 Å². The van der Waals surface area contributed by atoms with Gasteiger partial charge in [0.2, 0.25) is 0 Å². The number of nitrogens with one attached hydrogen (secondary N) is 2. The molecule has 0 spiro atoms. The molecule has 0 saturated carbocycles. The Labute approximate surface area is 190 Å². The number of aryl methyl sites for hydroxylation is 2. The van der Waals surface area contributed by atoms with Gasteiger partial charge in [-0.15, -0.1) is 11.3 Å². The number of benzene rings is 2. The molecule has 1 heterocycles. The highest BCUT2D eigenvalue weighted by atomic mass is 32.1. The molecule has 3 rings (SSSR count). The van der Waals surface area contributed by atoms with Crippen LogP contribution in [0.4, 0.5) is 5.69 Å². The fourth-order valence-corrected chi connectivity index (χ4v) is 3.34. The molecule has 0 aliphatic carbocycles. The first kappa shape index (κ1) is 22.9. The van der Waals surface area contributed by atoms with E-state index in [0.29, 0.717) is 23.5 Å². The Kier molecular flexibility index (Phi) is 7.88. The molecule has 7 nitrogen and oxygen atoms in total. The number of nitrogens with zero attached hydrogens (tertiary/aromatic N) is 1. The minimum atomic E-state index is -0.657. The van der Waals surface area contributed by atoms with Gasteiger partial charge in [0.1, 0.15) is 0 Å². The van der Waals surface area contributed by atoms with Crippen LogP contribution < -0.4 is 10.6 Å². The largest absolute Gasteiger partial charge is 0.452 e. The third kappa shape index (κ3) is 6.88. The van der Waals surface area contributed by atoms with Gasteiger partial charge in [0.15, 0.2) is 6.61 Å². The summed E-state index contributed by atoms with van der Waals surface area (Å²) >= 11 is 1.47. The number of thiazole rings is 1. The second-order valence-corrected chi connectivity index (χ2v) is 8.06. The highest BCUT2D eigenvalue weighted by Gasteiger charge is 2.14. The number of anilines is 1. The van der Waals surface area contributed by atoms with E-state index in [2.05, 4.69) is 15.6 Å². The summed E-state index contributed by atoms with van der Waals surface area (Å²) < 4.78 is 4.96. The van der Waals surface area contributed by atoms with E-state index < -0.39 is 18.5 Å². The number of carbonyl (C=O) groups excluding carboxylic acids is 3. The fourth-order valence-electron chi connectivity index (χ4n) is 2.75. The zero-order valence-electron chi connectivity index (χ0n) is 17.8. The van der Waals surface area contributed by atoms with Crippen LogP contribution in [0.15, 0.2) is 60.0 Å². The Balaban J connectivity index is 1.52. The van der Waals surface area contributed by atoms with Crippen molar-refractivity contribution in [3.05, 3.63) is 87.4 Å². The van der Waals surface area contributed by atoms with Crippen molar-refractivity contribution >= 4 is 40.9 Å². The lowest BCUT2D eigenvalue weighted by Gasteiger charge is -2.11. The number of amides is 2. The van der Waals surface area contributed by atoms with E-state index in [4.69, 9.17) is 4.74 Å². The number of hydrogen-bond donors (Lipinski definition) is 2. The first-order chi connectivity index (χ1) is 15.4. The average molecular weight is 450 g/mol. The Morgan fingerprint density at radius 3 is 2.53 bits per heavy atom. The maximum atomic E-state index is 12.6. The van der Waals surface area contributed by atoms with Gasteiger partial charge < -0.3 is 15.4 Å². The summed E-state index contributed by atoms with van der Waals surface area (Å²) in [6.45, 7) is 3.75. The molecule has 0 radical (unpaired) electrons. The van der Waals surface area contributed by atoms with Crippen LogP contribution >= 0.6 is 11.3 Å². The highest BCUT2D eigenvalue weighted by molar-refractivity contribution is 7.09. The SMILES string of the molecule is Cc1ccc(CNC(=O)c2ccccc2NC(=O)COC(=O)/C=C/c2csc(C)n2)cc1. The van der Waals surface area contributed by atoms with Crippen molar-refractivity contribution in [3.8, 4) is 0 Å². The fraction of sp³-hybridized carbons (Fsp3) is 0.167. The summed E-state index contributed by atoms with van der Waals surface area (Å²) in [6.07, 6.45) is 2.74. The molecular formula is C24H23N3O4S. The molecule has 8 heteroatoms. The Hall–Kier alpha value is -3.78. The molecule has 2 amide bonds. The lowest BCUT2D eigenvalue weighted by Crippen LogP contribution is -2.26. The first-order valence-electron chi connectivity index (χ1n) is 9.90. The Morgan fingerprint density at radius 1 is 1.06 bits per heavy atom. The van der Waals surface area contributed by atoms with Crippen LogP contribution in [0.5, 0.6) is 0 Å². The van der Waals surface area contributed by atoms with E-state index in [1.54, 1.807) is 24.3 Å². The van der Waals surface area contributed by atoms with Gasteiger partial charge in [0, 0.05) is 18.0 Å². The Bertz CT molecular complexity index is 1140. The molecule has 3 aromatic rings. The van der Waals surface area contributed by atoms with Gasteiger partial charge in [-0.2, -0.15) is 0 Å². The van der Waals surface area contributed by atoms with E-state index in [9.17, 15) is 14.4 Å². The molecule has 164 valence electrons. The molecular weight excluding hydrogens is 426 g/mol. The molecule has 0 aliphatic heterocycles. The predicted octanol–water partition coefficient (Wildman–Crippen LogP) is 3.89. The van der Waals surface area contributed by atoms with E-state index in [0.717, 1.165) is 16.1 Å². The summed E-state index contributed by atoms with van der Waals surface area (Å²) in [5, 5.41) is 8.16. The predicted molar refractivity (Wildman–Crippen MR) is 124 cm³/mol. The average Bonchev–Trinajstić information content (AvgIpc) is 3.21. The highest BCUT2D eigenvalue weighted by Crippen LogP contribution is 2.15. The van der Waals surface area contributed by atoms with Crippen LogP contribution in [0.3, 0.4) is 0 Å². The van der Waals surface area contributed by atoms with Gasteiger partial charge in [-0.1, -0.05) is 42.0 Å². The van der Waals surface area contributed by atoms with Gasteiger partial charge in [-0.25, -0.2) is 9.78 Å². The van der Waals surface area contributed by atoms with Crippen molar-refractivity contribution in [3.63, 3.8) is 0 Å². The zero-order chi connectivity index (χ0) is 22.9. The number of carbonyl (C=O) groups is 3. The van der Waals surface area contributed by atoms with Gasteiger partial charge >= 0.3 is 5.97 Å². The van der Waals surface area contributed by atoms with Crippen LogP contribution in [-0.4, -0.2) is 29.4 Å². The molecule has 0 saturated heterocycles. The summed E-state index contributed by atoms with van der Waals surface area (Å²) in [5.41, 5.74) is 3.42. The molecule has 0 bridgehead atoms. The van der Waals surface area contributed by atoms with Crippen LogP contribution in [0.2, 0.25) is 0 Å². The van der Waals surface area contributed by atoms with Crippen molar-refractivity contribution in [1.29, 1.82) is 0 Å². The van der Waals surface area contributed by atoms with Crippen LogP contribution in [0.25, 0.3) is 6.08 Å². The second kappa shape index (κ2) is 11.0. The third-order valence-electron chi connectivity index (χ3n) is 4.39. The van der Waals surface area contributed by atoms with Crippen LogP contribution in [-0.2, 0) is 20.9 Å². The normalized spacial score (nSPS) is 10.7. The molecule has 1 aromatic heterocycles. The smallest absolute Gasteiger partial charge is 0.331 e. The van der Waals surface area contributed by atoms with Crippen molar-refractivity contribution < 1.29 is 19.1 Å². The lowest BCUT2D eigenvalue weighted by molar-refractivity contribution is -0.142. The van der Waals surface area contributed by atoms with Crippen molar-refractivity contribution in [2.75, 3.05) is 11.9 Å². The summed E-state index contributed by atoms with van der Waals surface area (Å²) in [5.74, 6) is -1.52. The van der Waals surface area contributed by atoms with E-state index in [1.165, 1.54) is 23.5 Å². The number of para-hydroxylation sites is 1. The van der Waals surface area contributed by atoms with Gasteiger partial charge in [0.05, 0.1) is 22.0 Å². The molecule has 0 atom stereocenters.